The second-order valence-corrected chi connectivity index (χ2v) is 16.2. The van der Waals surface area contributed by atoms with Crippen molar-refractivity contribution in [2.24, 2.45) is 0 Å². The Kier molecular flexibility index (Phi) is 23.9. The molecule has 2 aromatic heterocycles. The number of hydrogen-bond acceptors (Lipinski definition) is 15. The average Bonchev–Trinajstić information content (AvgIpc) is 3.70. The molecule has 0 radical (unpaired) electrons. The van der Waals surface area contributed by atoms with Crippen LogP contribution in [-0.2, 0) is 34.4 Å². The minimum Gasteiger partial charge on any atom is -0.495 e. The van der Waals surface area contributed by atoms with E-state index >= 15 is 0 Å². The fourth-order valence-electron chi connectivity index (χ4n) is 6.71. The van der Waals surface area contributed by atoms with Crippen LogP contribution in [0.5, 0.6) is 11.5 Å². The van der Waals surface area contributed by atoms with Crippen molar-refractivity contribution in [3.63, 3.8) is 0 Å². The third-order valence-corrected chi connectivity index (χ3v) is 11.1. The smallest absolute Gasteiger partial charge is 0.472 e. The van der Waals surface area contributed by atoms with Crippen molar-refractivity contribution in [3.05, 3.63) is 47.4 Å². The van der Waals surface area contributed by atoms with Crippen molar-refractivity contribution in [1.82, 2.24) is 14.6 Å². The van der Waals surface area contributed by atoms with Crippen molar-refractivity contribution in [1.29, 1.82) is 10.5 Å². The molecule has 5 N–H and O–H groups in total. The molecule has 17 nitrogen and oxygen atoms in total. The highest BCUT2D eigenvalue weighted by Crippen LogP contribution is 2.44. The normalized spacial score (nSPS) is 14.5. The maximum atomic E-state index is 13.0. The van der Waals surface area contributed by atoms with Crippen LogP contribution in [0.4, 0.5) is 5.82 Å². The Balaban J connectivity index is 1.48. The second-order valence-electron chi connectivity index (χ2n) is 14.7. The molecule has 0 fully saturated rings. The number of ether oxygens (including phenoxy) is 5. The molecular formula is C42H65N6O11P. The molecule has 60 heavy (non-hydrogen) atoms. The van der Waals surface area contributed by atoms with Gasteiger partial charge in [-0.2, -0.15) is 15.6 Å². The van der Waals surface area contributed by atoms with E-state index in [1.165, 1.54) is 121 Å². The molecule has 18 heteroatoms. The molecule has 0 saturated carbocycles. The number of anilines is 1. The first-order valence-electron chi connectivity index (χ1n) is 21.0. The van der Waals surface area contributed by atoms with E-state index in [-0.39, 0.29) is 30.3 Å². The molecule has 0 saturated heterocycles. The first kappa shape index (κ1) is 50.3. The number of fused-ring (bicyclic) bond motifs is 1. The largest absolute Gasteiger partial charge is 0.495 e. The number of nitriles is 2. The number of nitrogens with two attached hydrogens (primary N) is 1. The molecule has 0 bridgehead atoms. The number of unbranched alkanes of at least 4 members (excludes halogenated alkanes) is 15. The van der Waals surface area contributed by atoms with Gasteiger partial charge in [0.25, 0.3) is 6.26 Å². The van der Waals surface area contributed by atoms with Crippen LogP contribution < -0.4 is 15.2 Å². The van der Waals surface area contributed by atoms with Gasteiger partial charge in [-0.05, 0) is 36.2 Å². The maximum Gasteiger partial charge on any atom is 0.472 e. The number of phosphoric acid groups is 1. The lowest BCUT2D eigenvalue weighted by atomic mass is 10.0. The van der Waals surface area contributed by atoms with Crippen LogP contribution in [0.3, 0.4) is 0 Å². The molecule has 1 aromatic carbocycles. The van der Waals surface area contributed by atoms with Gasteiger partial charge in [-0.1, -0.05) is 103 Å². The zero-order valence-electron chi connectivity index (χ0n) is 35.4. The number of benzene rings is 1. The molecule has 0 aliphatic carbocycles. The lowest BCUT2D eigenvalue weighted by molar-refractivity contribution is -0.0821. The molecule has 0 amide bonds. The summed E-state index contributed by atoms with van der Waals surface area (Å²) in [6.45, 7) is 1.46. The van der Waals surface area contributed by atoms with E-state index in [1.54, 1.807) is 12.1 Å². The van der Waals surface area contributed by atoms with Crippen LogP contribution >= 0.6 is 7.82 Å². The maximum absolute atomic E-state index is 13.0. The molecular weight excluding hydrogens is 795 g/mol. The third kappa shape index (κ3) is 17.5. The highest BCUT2D eigenvalue weighted by molar-refractivity contribution is 7.47. The summed E-state index contributed by atoms with van der Waals surface area (Å²) in [6.07, 6.45) is 16.8. The van der Waals surface area contributed by atoms with Crippen LogP contribution in [0.2, 0.25) is 0 Å². The Morgan fingerprint density at radius 3 is 1.95 bits per heavy atom. The minimum absolute atomic E-state index is 0.0153. The molecule has 0 aliphatic heterocycles. The van der Waals surface area contributed by atoms with Gasteiger partial charge in [0.2, 0.25) is 0 Å². The minimum atomic E-state index is -4.85. The van der Waals surface area contributed by atoms with Gasteiger partial charge in [0.15, 0.2) is 11.9 Å². The first-order valence-corrected chi connectivity index (χ1v) is 22.5. The molecule has 2 heterocycles. The number of aromatic nitrogens is 3. The van der Waals surface area contributed by atoms with E-state index in [2.05, 4.69) is 23.1 Å². The summed E-state index contributed by atoms with van der Waals surface area (Å²) in [5, 5.41) is 44.6. The highest BCUT2D eigenvalue weighted by Gasteiger charge is 2.35. The predicted molar refractivity (Wildman–Crippen MR) is 224 cm³/mol. The standard InChI is InChI=1S/C42H65N6O11P/c1-4-5-6-7-8-9-10-11-12-13-14-15-16-17-18-19-22-55-27-33(56-26-32-23-37(53-2)34(25-43)38(24-32)54-3)28-58-60(51,52)59-29-39(57-30-44)41(50)40(49)35-20-21-36-42(45)46-31-47-48(35)36/h20-21,23-24,31,33,39-41,49-50H,4-19,22,26-29H2,1-3H3,(H,51,52)(H2,45,46,47)/t33-,39-,40+,41-/m1/s1. The number of hydrogen-bond donors (Lipinski definition) is 4. The number of phosphoric ester groups is 1. The summed E-state index contributed by atoms with van der Waals surface area (Å²) in [5.74, 6) is 0.717. The van der Waals surface area contributed by atoms with Gasteiger partial charge in [-0.3, -0.25) is 9.05 Å². The molecule has 3 rings (SSSR count). The van der Waals surface area contributed by atoms with Gasteiger partial charge < -0.3 is 44.5 Å². The Labute approximate surface area is 354 Å². The van der Waals surface area contributed by atoms with Gasteiger partial charge in [-0.15, -0.1) is 0 Å². The quantitative estimate of drug-likeness (QED) is 0.0258. The Bertz CT molecular complexity index is 1780. The number of aliphatic hydroxyl groups excluding tert-OH is 2. The average molecular weight is 861 g/mol. The van der Waals surface area contributed by atoms with Crippen LogP contribution in [0.25, 0.3) is 5.52 Å². The van der Waals surface area contributed by atoms with Crippen molar-refractivity contribution in [2.75, 3.05) is 46.4 Å². The topological polar surface area (TPSA) is 246 Å². The van der Waals surface area contributed by atoms with E-state index in [4.69, 9.17) is 38.5 Å². The Morgan fingerprint density at radius 1 is 0.833 bits per heavy atom. The van der Waals surface area contributed by atoms with Gasteiger partial charge in [0.05, 0.1) is 46.3 Å². The number of rotatable bonds is 34. The Hall–Kier alpha value is -4.03. The van der Waals surface area contributed by atoms with Crippen molar-refractivity contribution in [3.8, 4) is 23.8 Å². The van der Waals surface area contributed by atoms with Crippen LogP contribution in [-0.4, -0.2) is 88.7 Å². The highest BCUT2D eigenvalue weighted by atomic mass is 31.2. The zero-order chi connectivity index (χ0) is 43.6. The van der Waals surface area contributed by atoms with E-state index in [9.17, 15) is 30.2 Å². The fraction of sp³-hybridized carbons (Fsp3) is 0.667. The van der Waals surface area contributed by atoms with Crippen LogP contribution in [0.1, 0.15) is 133 Å². The predicted octanol–water partition coefficient (Wildman–Crippen LogP) is 7.46. The lowest BCUT2D eigenvalue weighted by Gasteiger charge is -2.25. The number of aliphatic hydroxyl groups is 2. The summed E-state index contributed by atoms with van der Waals surface area (Å²) in [4.78, 5) is 14.5. The molecule has 5 atom stereocenters. The van der Waals surface area contributed by atoms with Gasteiger partial charge in [-0.25, -0.2) is 14.1 Å². The van der Waals surface area contributed by atoms with Gasteiger partial charge in [0.1, 0.15) is 53.3 Å². The fourth-order valence-corrected chi connectivity index (χ4v) is 7.48. The van der Waals surface area contributed by atoms with Crippen LogP contribution in [0.15, 0.2) is 30.6 Å². The zero-order valence-corrected chi connectivity index (χ0v) is 36.3. The van der Waals surface area contributed by atoms with E-state index in [0.29, 0.717) is 29.2 Å². The monoisotopic (exact) mass is 860 g/mol. The van der Waals surface area contributed by atoms with Crippen LogP contribution in [0, 0.1) is 22.8 Å². The van der Waals surface area contributed by atoms with Crippen molar-refractivity contribution < 1.29 is 52.4 Å². The molecule has 0 aliphatic rings. The lowest BCUT2D eigenvalue weighted by Crippen LogP contribution is -2.37. The van der Waals surface area contributed by atoms with Gasteiger partial charge in [0, 0.05) is 6.61 Å². The number of nitrogens with zero attached hydrogens (tertiary/aromatic N) is 5. The first-order chi connectivity index (χ1) is 29.1. The summed E-state index contributed by atoms with van der Waals surface area (Å²) in [5.41, 5.74) is 7.14. The van der Waals surface area contributed by atoms with E-state index in [1.807, 2.05) is 0 Å². The second kappa shape index (κ2) is 28.5. The van der Waals surface area contributed by atoms with E-state index < -0.39 is 45.5 Å². The van der Waals surface area contributed by atoms with Crippen molar-refractivity contribution >= 4 is 19.2 Å². The number of methoxy groups -OCH3 is 2. The summed E-state index contributed by atoms with van der Waals surface area (Å²) >= 11 is 0. The summed E-state index contributed by atoms with van der Waals surface area (Å²) in [6, 6.07) is 8.30. The Morgan fingerprint density at radius 2 is 1.40 bits per heavy atom. The number of nitrogen functional groups attached to an aromatic ring is 1. The SMILES string of the molecule is CCCCCCCCCCCCCCCCCCOC[C@H](COP(=O)(O)OC[C@@H](OC#N)[C@@H](O)[C@@H](O)c1ccc2c(N)ncnn12)OCc1cc(OC)c(C#N)c(OC)c1. The van der Waals surface area contributed by atoms with E-state index in [0.717, 1.165) is 25.6 Å². The molecule has 334 valence electrons. The summed E-state index contributed by atoms with van der Waals surface area (Å²) < 4.78 is 52.3. The van der Waals surface area contributed by atoms with Gasteiger partial charge >= 0.3 is 7.82 Å². The molecule has 3 aromatic rings. The molecule has 0 spiro atoms. The third-order valence-electron chi connectivity index (χ3n) is 10.2. The van der Waals surface area contributed by atoms with Crippen molar-refractivity contribution in [2.45, 2.75) is 141 Å². The molecule has 1 unspecified atom stereocenters. The summed E-state index contributed by atoms with van der Waals surface area (Å²) in [7, 11) is -1.98.